The Bertz CT molecular complexity index is 2580. The van der Waals surface area contributed by atoms with Crippen molar-refractivity contribution in [2.75, 3.05) is 18.9 Å². The molecule has 5 heterocycles. The molecule has 2 amide bonds. The zero-order chi connectivity index (χ0) is 43.7. The molecule has 0 spiro atoms. The highest BCUT2D eigenvalue weighted by Crippen LogP contribution is 2.46. The van der Waals surface area contributed by atoms with E-state index in [2.05, 4.69) is 16.0 Å². The van der Waals surface area contributed by atoms with Crippen LogP contribution >= 0.6 is 0 Å². The Morgan fingerprint density at radius 2 is 1.84 bits per heavy atom. The van der Waals surface area contributed by atoms with Gasteiger partial charge in [0.25, 0.3) is 5.56 Å². The third-order valence-corrected chi connectivity index (χ3v) is 11.8. The van der Waals surface area contributed by atoms with Crippen LogP contribution in [0.5, 0.6) is 5.75 Å². The van der Waals surface area contributed by atoms with Gasteiger partial charge in [-0.25, -0.2) is 23.8 Å². The number of nitrogens with one attached hydrogen (secondary N) is 3. The van der Waals surface area contributed by atoms with E-state index in [0.29, 0.717) is 62.9 Å². The number of cyclic esters (lactones) is 1. The van der Waals surface area contributed by atoms with Gasteiger partial charge in [0.1, 0.15) is 43.1 Å². The molecule has 0 saturated carbocycles. The van der Waals surface area contributed by atoms with Crippen molar-refractivity contribution in [1.82, 2.24) is 20.2 Å². The van der Waals surface area contributed by atoms with E-state index < -0.39 is 77.7 Å². The number of rotatable bonds is 10. The molecule has 0 bridgehead atoms. The summed E-state index contributed by atoms with van der Waals surface area (Å²) in [5.41, 5.74) is 1.37. The van der Waals surface area contributed by atoms with Gasteiger partial charge in [-0.15, -0.1) is 0 Å². The molecule has 19 nitrogen and oxygen atoms in total. The molecule has 0 radical (unpaired) electrons. The second kappa shape index (κ2) is 15.8. The lowest BCUT2D eigenvalue weighted by Crippen LogP contribution is -2.61. The van der Waals surface area contributed by atoms with E-state index >= 15 is 4.39 Å². The van der Waals surface area contributed by atoms with E-state index in [9.17, 15) is 49.5 Å². The summed E-state index contributed by atoms with van der Waals surface area (Å²) in [6, 6.07) is 6.37. The van der Waals surface area contributed by atoms with Crippen LogP contribution in [0.15, 0.2) is 35.1 Å². The lowest BCUT2D eigenvalue weighted by atomic mass is 9.81. The third-order valence-electron chi connectivity index (χ3n) is 11.8. The number of carboxylic acid groups (broad SMARTS) is 1. The fraction of sp³-hybridized carbons (Fsp3) is 0.415. The van der Waals surface area contributed by atoms with Crippen LogP contribution in [0.3, 0.4) is 0 Å². The van der Waals surface area contributed by atoms with Crippen LogP contribution in [0.4, 0.5) is 14.9 Å². The van der Waals surface area contributed by atoms with Gasteiger partial charge in [-0.1, -0.05) is 13.0 Å². The zero-order valence-corrected chi connectivity index (χ0v) is 33.0. The van der Waals surface area contributed by atoms with Crippen LogP contribution in [0.25, 0.3) is 22.3 Å². The molecule has 8 rings (SSSR count). The maximum Gasteiger partial charge on any atom is 0.407 e. The number of benzene rings is 2. The maximum atomic E-state index is 15.4. The van der Waals surface area contributed by atoms with Gasteiger partial charge in [-0.05, 0) is 73.7 Å². The van der Waals surface area contributed by atoms with Crippen molar-refractivity contribution in [3.05, 3.63) is 85.4 Å². The van der Waals surface area contributed by atoms with Crippen molar-refractivity contribution in [2.24, 2.45) is 0 Å². The highest BCUT2D eigenvalue weighted by atomic mass is 19.1. The Morgan fingerprint density at radius 3 is 2.56 bits per heavy atom. The molecule has 2 aromatic carbocycles. The number of aryl methyl sites for hydroxylation is 1. The number of hydrogen-bond acceptors (Lipinski definition) is 15. The van der Waals surface area contributed by atoms with Crippen LogP contribution in [0, 0.1) is 12.7 Å². The molecule has 1 aliphatic carbocycles. The number of fused-ring (bicyclic) bond motifs is 5. The van der Waals surface area contributed by atoms with Crippen LogP contribution in [0.2, 0.25) is 0 Å². The number of alkyl carbamates (subject to hydrolysis) is 1. The number of amides is 2. The van der Waals surface area contributed by atoms with E-state index in [1.54, 1.807) is 19.9 Å². The molecule has 4 aromatic rings. The molecule has 7 atom stereocenters. The van der Waals surface area contributed by atoms with E-state index in [4.69, 9.17) is 23.9 Å². The van der Waals surface area contributed by atoms with Gasteiger partial charge in [-0.3, -0.25) is 9.59 Å². The van der Waals surface area contributed by atoms with Crippen LogP contribution in [-0.4, -0.2) is 103 Å². The number of carbonyl (C=O) groups excluding carboxylic acids is 3. The Hall–Kier alpha value is -6.03. The minimum atomic E-state index is -2.06. The molecule has 322 valence electrons. The monoisotopic (exact) mass is 847 g/mol. The molecule has 8 N–H and O–H groups in total. The first-order chi connectivity index (χ1) is 29.1. The molecule has 1 saturated heterocycles. The SMILES string of the molecule is CC[C@@]1(O)C(=O)OCc2c1cc1n(c2=O)Cc2c-1nc1cc(F)c(C)c3c1c2[C@@H](NC(=O)OCc1ccc(O[C@@H]2OC(C(=O)O)[C@@H](O)C(O)C2O)c(NC(=O)CNC)c1)CC3. The van der Waals surface area contributed by atoms with Crippen molar-refractivity contribution in [3.8, 4) is 17.1 Å². The van der Waals surface area contributed by atoms with E-state index in [1.165, 1.54) is 35.9 Å². The van der Waals surface area contributed by atoms with Crippen molar-refractivity contribution in [3.63, 3.8) is 0 Å². The summed E-state index contributed by atoms with van der Waals surface area (Å²) < 4.78 is 38.6. The van der Waals surface area contributed by atoms with Crippen molar-refractivity contribution >= 4 is 40.5 Å². The summed E-state index contributed by atoms with van der Waals surface area (Å²) in [4.78, 5) is 69.3. The van der Waals surface area contributed by atoms with Gasteiger partial charge < -0.3 is 65.0 Å². The summed E-state index contributed by atoms with van der Waals surface area (Å²) in [6.45, 7) is 2.51. The maximum absolute atomic E-state index is 15.4. The van der Waals surface area contributed by atoms with Crippen molar-refractivity contribution in [1.29, 1.82) is 0 Å². The number of anilines is 1. The molecular weight excluding hydrogens is 805 g/mol. The fourth-order valence-corrected chi connectivity index (χ4v) is 8.53. The molecule has 61 heavy (non-hydrogen) atoms. The molecule has 3 unspecified atom stereocenters. The van der Waals surface area contributed by atoms with Crippen molar-refractivity contribution < 1.29 is 68.0 Å². The predicted molar refractivity (Wildman–Crippen MR) is 208 cm³/mol. The quantitative estimate of drug-likeness (QED) is 0.0906. The van der Waals surface area contributed by atoms with Gasteiger partial charge in [0.05, 0.1) is 47.3 Å². The number of esters is 1. The molecule has 20 heteroatoms. The summed E-state index contributed by atoms with van der Waals surface area (Å²) in [5, 5.41) is 60.5. The van der Waals surface area contributed by atoms with Crippen LogP contribution < -0.4 is 26.2 Å². The number of carbonyl (C=O) groups is 4. The van der Waals surface area contributed by atoms with Gasteiger partial charge in [0, 0.05) is 22.6 Å². The Labute approximate surface area is 345 Å². The normalized spacial score (nSPS) is 24.9. The highest BCUT2D eigenvalue weighted by Gasteiger charge is 2.49. The van der Waals surface area contributed by atoms with E-state index in [0.717, 1.165) is 0 Å². The van der Waals surface area contributed by atoms with Gasteiger partial charge in [-0.2, -0.15) is 0 Å². The lowest BCUT2D eigenvalue weighted by Gasteiger charge is -2.38. The number of likely N-dealkylation sites (N-methyl/N-ethyl adjacent to an activating group) is 1. The first-order valence-electron chi connectivity index (χ1n) is 19.5. The van der Waals surface area contributed by atoms with Crippen LogP contribution in [0.1, 0.15) is 64.8 Å². The van der Waals surface area contributed by atoms with Gasteiger partial charge in [0.2, 0.25) is 12.2 Å². The molecular formula is C41H42FN5O14. The Morgan fingerprint density at radius 1 is 1.07 bits per heavy atom. The first kappa shape index (κ1) is 41.7. The number of ether oxygens (including phenoxy) is 4. The number of hydrogen-bond donors (Lipinski definition) is 8. The molecule has 4 aliphatic rings. The number of nitrogens with zero attached hydrogens (tertiary/aromatic N) is 2. The second-order valence-corrected chi connectivity index (χ2v) is 15.4. The largest absolute Gasteiger partial charge is 0.479 e. The van der Waals surface area contributed by atoms with Crippen LogP contribution in [-0.2, 0) is 60.4 Å². The number of aliphatic hydroxyl groups excluding tert-OH is 3. The lowest BCUT2D eigenvalue weighted by molar-refractivity contribution is -0.271. The Balaban J connectivity index is 1.08. The summed E-state index contributed by atoms with van der Waals surface area (Å²) in [6.07, 6.45) is -9.66. The summed E-state index contributed by atoms with van der Waals surface area (Å²) in [5.74, 6) is -3.60. The number of halogens is 1. The average Bonchev–Trinajstić information content (AvgIpc) is 3.60. The van der Waals surface area contributed by atoms with E-state index in [1.807, 2.05) is 0 Å². The average molecular weight is 848 g/mol. The number of pyridine rings is 2. The van der Waals surface area contributed by atoms with Crippen molar-refractivity contribution in [2.45, 2.75) is 95.2 Å². The zero-order valence-electron chi connectivity index (χ0n) is 33.0. The predicted octanol–water partition coefficient (Wildman–Crippen LogP) is 0.870. The first-order valence-corrected chi connectivity index (χ1v) is 19.5. The summed E-state index contributed by atoms with van der Waals surface area (Å²) in [7, 11) is 1.54. The Kier molecular flexibility index (Phi) is 10.8. The standard InChI is InChI=1S/C41H42FN5O14/c1-4-41(57)21-10-26-31-19(13-47(26)36(52)20(21)15-58-39(41)55)30-23(7-6-18-16(2)22(42)11-25(45-31)29(18)30)46-40(56)59-14-17-5-8-27(24(9-17)44-28(48)12-43-3)60-38-34(51)32(49)33(50)35(61-38)37(53)54/h5,8-11,23,32-35,38,43,49-51,57H,4,6-7,12-15H2,1-3H3,(H,44,48)(H,46,56)(H,53,54)/t23-,32?,33-,34?,35?,38+,41-/m0/s1. The third kappa shape index (κ3) is 7.03. The van der Waals surface area contributed by atoms with E-state index in [-0.39, 0.29) is 55.3 Å². The minimum Gasteiger partial charge on any atom is -0.479 e. The number of aliphatic carboxylic acids is 1. The van der Waals surface area contributed by atoms with Gasteiger partial charge in [0.15, 0.2) is 11.7 Å². The smallest absolute Gasteiger partial charge is 0.407 e. The molecule has 2 aromatic heterocycles. The number of carboxylic acids is 1. The molecule has 1 fully saturated rings. The molecule has 3 aliphatic heterocycles. The van der Waals surface area contributed by atoms with Gasteiger partial charge >= 0.3 is 18.0 Å². The number of aliphatic hydroxyl groups is 4. The topological polar surface area (TPSA) is 277 Å². The fourth-order valence-electron chi connectivity index (χ4n) is 8.53. The minimum absolute atomic E-state index is 0.0102. The number of aromatic nitrogens is 2. The second-order valence-electron chi connectivity index (χ2n) is 15.4. The highest BCUT2D eigenvalue weighted by molar-refractivity contribution is 5.95. The summed E-state index contributed by atoms with van der Waals surface area (Å²) >= 11 is 0.